The number of nitrogens with one attached hydrogen (secondary N) is 1. The topological polar surface area (TPSA) is 55.1 Å². The molecule has 0 saturated heterocycles. The zero-order valence-electron chi connectivity index (χ0n) is 10.1. The molecule has 2 rings (SSSR count). The second kappa shape index (κ2) is 5.67. The molecule has 18 heavy (non-hydrogen) atoms. The third kappa shape index (κ3) is 3.20. The van der Waals surface area contributed by atoms with Crippen molar-refractivity contribution in [2.75, 3.05) is 6.54 Å². The molecule has 0 spiro atoms. The Labute approximate surface area is 118 Å². The van der Waals surface area contributed by atoms with Crippen molar-refractivity contribution in [1.29, 1.82) is 0 Å². The van der Waals surface area contributed by atoms with E-state index in [0.29, 0.717) is 17.0 Å². The first-order chi connectivity index (χ1) is 8.56. The van der Waals surface area contributed by atoms with E-state index in [9.17, 15) is 4.79 Å². The molecule has 0 unspecified atom stereocenters. The van der Waals surface area contributed by atoms with E-state index in [2.05, 4.69) is 33.2 Å². The lowest BCUT2D eigenvalue weighted by Gasteiger charge is -2.00. The van der Waals surface area contributed by atoms with Gasteiger partial charge in [0.15, 0.2) is 10.4 Å². The number of thiazole rings is 1. The Morgan fingerprint density at radius 2 is 2.28 bits per heavy atom. The second-order valence-electron chi connectivity index (χ2n) is 3.86. The van der Waals surface area contributed by atoms with E-state index in [0.717, 1.165) is 17.1 Å². The van der Waals surface area contributed by atoms with Gasteiger partial charge in [0.05, 0.1) is 10.7 Å². The summed E-state index contributed by atoms with van der Waals surface area (Å²) in [6.45, 7) is 4.60. The number of carbonyl (C=O) groups excluding carboxylic acids is 1. The Morgan fingerprint density at radius 3 is 2.83 bits per heavy atom. The van der Waals surface area contributed by atoms with Gasteiger partial charge in [-0.05, 0) is 41.9 Å². The first-order valence-electron chi connectivity index (χ1n) is 5.52. The summed E-state index contributed by atoms with van der Waals surface area (Å²) in [6, 6.07) is 3.33. The molecule has 2 aromatic heterocycles. The number of aromatic nitrogens is 1. The fraction of sp³-hybridized carbons (Fsp3) is 0.333. The van der Waals surface area contributed by atoms with E-state index in [1.807, 2.05) is 6.92 Å². The average Bonchev–Trinajstić information content (AvgIpc) is 2.87. The molecule has 0 aliphatic heterocycles. The maximum absolute atomic E-state index is 11.7. The van der Waals surface area contributed by atoms with Crippen LogP contribution in [0, 0.1) is 13.8 Å². The van der Waals surface area contributed by atoms with Gasteiger partial charge < -0.3 is 9.73 Å². The molecule has 1 amide bonds. The quantitative estimate of drug-likeness (QED) is 0.938. The minimum atomic E-state index is -0.203. The highest BCUT2D eigenvalue weighted by Gasteiger charge is 2.10. The third-order valence-corrected chi connectivity index (χ3v) is 4.05. The summed E-state index contributed by atoms with van der Waals surface area (Å²) < 4.78 is 5.72. The zero-order valence-corrected chi connectivity index (χ0v) is 12.5. The first-order valence-corrected chi connectivity index (χ1v) is 7.13. The predicted octanol–water partition coefficient (Wildman–Crippen LogP) is 3.09. The van der Waals surface area contributed by atoms with Crippen LogP contribution in [0.1, 0.15) is 26.1 Å². The third-order valence-electron chi connectivity index (χ3n) is 2.49. The fourth-order valence-corrected chi connectivity index (χ4v) is 2.69. The van der Waals surface area contributed by atoms with Crippen molar-refractivity contribution in [2.24, 2.45) is 0 Å². The van der Waals surface area contributed by atoms with Crippen molar-refractivity contribution in [3.8, 4) is 0 Å². The van der Waals surface area contributed by atoms with Crippen LogP contribution in [0.3, 0.4) is 0 Å². The van der Waals surface area contributed by atoms with Crippen LogP contribution in [0.5, 0.6) is 0 Å². The highest BCUT2D eigenvalue weighted by atomic mass is 79.9. The summed E-state index contributed by atoms with van der Waals surface area (Å²) in [5.74, 6) is 0.110. The highest BCUT2D eigenvalue weighted by Crippen LogP contribution is 2.16. The Morgan fingerprint density at radius 1 is 1.50 bits per heavy atom. The summed E-state index contributed by atoms with van der Waals surface area (Å²) in [5.41, 5.74) is 1.07. The molecule has 0 atom stereocenters. The van der Waals surface area contributed by atoms with Gasteiger partial charge in [0.2, 0.25) is 0 Å². The highest BCUT2D eigenvalue weighted by molar-refractivity contribution is 9.10. The van der Waals surface area contributed by atoms with Gasteiger partial charge in [0, 0.05) is 17.8 Å². The standard InChI is InChI=1S/C12H13BrN2O2S/c1-7-8(2)18-11(15-7)5-6-14-12(16)9-3-4-10(13)17-9/h3-4H,5-6H2,1-2H3,(H,14,16). The second-order valence-corrected chi connectivity index (χ2v) is 5.93. The van der Waals surface area contributed by atoms with Crippen LogP contribution in [0.2, 0.25) is 0 Å². The predicted molar refractivity (Wildman–Crippen MR) is 74.0 cm³/mol. The van der Waals surface area contributed by atoms with E-state index in [1.54, 1.807) is 23.5 Å². The molecule has 1 N–H and O–H groups in total. The summed E-state index contributed by atoms with van der Waals surface area (Å²) in [7, 11) is 0. The number of hydrogen-bond acceptors (Lipinski definition) is 4. The van der Waals surface area contributed by atoms with Crippen LogP contribution in [0.15, 0.2) is 21.2 Å². The molecule has 2 aromatic rings. The monoisotopic (exact) mass is 328 g/mol. The Kier molecular flexibility index (Phi) is 4.19. The van der Waals surface area contributed by atoms with Gasteiger partial charge in [0.1, 0.15) is 0 Å². The number of rotatable bonds is 4. The van der Waals surface area contributed by atoms with Crippen molar-refractivity contribution >= 4 is 33.2 Å². The number of amides is 1. The number of nitrogens with zero attached hydrogens (tertiary/aromatic N) is 1. The van der Waals surface area contributed by atoms with Crippen molar-refractivity contribution in [3.05, 3.63) is 38.1 Å². The van der Waals surface area contributed by atoms with Gasteiger partial charge >= 0.3 is 0 Å². The van der Waals surface area contributed by atoms with Crippen molar-refractivity contribution in [3.63, 3.8) is 0 Å². The van der Waals surface area contributed by atoms with Crippen LogP contribution in [-0.2, 0) is 6.42 Å². The molecular formula is C12H13BrN2O2S. The summed E-state index contributed by atoms with van der Waals surface area (Å²) in [4.78, 5) is 17.3. The van der Waals surface area contributed by atoms with E-state index < -0.39 is 0 Å². The lowest BCUT2D eigenvalue weighted by atomic mass is 10.4. The largest absolute Gasteiger partial charge is 0.444 e. The molecule has 0 aliphatic rings. The molecule has 0 saturated carbocycles. The Balaban J connectivity index is 1.83. The molecule has 0 radical (unpaired) electrons. The van der Waals surface area contributed by atoms with Gasteiger partial charge in [-0.3, -0.25) is 4.79 Å². The molecule has 96 valence electrons. The lowest BCUT2D eigenvalue weighted by molar-refractivity contribution is 0.0925. The van der Waals surface area contributed by atoms with Crippen LogP contribution in [0.25, 0.3) is 0 Å². The number of halogens is 1. The van der Waals surface area contributed by atoms with Crippen LogP contribution in [-0.4, -0.2) is 17.4 Å². The van der Waals surface area contributed by atoms with E-state index in [1.165, 1.54) is 4.88 Å². The smallest absolute Gasteiger partial charge is 0.287 e. The van der Waals surface area contributed by atoms with Crippen molar-refractivity contribution in [2.45, 2.75) is 20.3 Å². The van der Waals surface area contributed by atoms with E-state index in [4.69, 9.17) is 4.42 Å². The lowest BCUT2D eigenvalue weighted by Crippen LogP contribution is -2.25. The molecule has 2 heterocycles. The van der Waals surface area contributed by atoms with E-state index in [-0.39, 0.29) is 5.91 Å². The van der Waals surface area contributed by atoms with Gasteiger partial charge in [-0.1, -0.05) is 0 Å². The first kappa shape index (κ1) is 13.3. The number of furan rings is 1. The fourth-order valence-electron chi connectivity index (χ4n) is 1.45. The van der Waals surface area contributed by atoms with Gasteiger partial charge in [0.25, 0.3) is 5.91 Å². The minimum Gasteiger partial charge on any atom is -0.444 e. The normalized spacial score (nSPS) is 10.6. The Hall–Kier alpha value is -1.14. The van der Waals surface area contributed by atoms with Crippen LogP contribution < -0.4 is 5.32 Å². The van der Waals surface area contributed by atoms with Gasteiger partial charge in [-0.15, -0.1) is 11.3 Å². The number of carbonyl (C=O) groups is 1. The van der Waals surface area contributed by atoms with Gasteiger partial charge in [-0.2, -0.15) is 0 Å². The van der Waals surface area contributed by atoms with Crippen LogP contribution in [0.4, 0.5) is 0 Å². The van der Waals surface area contributed by atoms with E-state index >= 15 is 0 Å². The maximum atomic E-state index is 11.7. The summed E-state index contributed by atoms with van der Waals surface area (Å²) in [5, 5.41) is 3.85. The van der Waals surface area contributed by atoms with Gasteiger partial charge in [-0.25, -0.2) is 4.98 Å². The zero-order chi connectivity index (χ0) is 13.1. The average molecular weight is 329 g/mol. The molecule has 0 aromatic carbocycles. The minimum absolute atomic E-state index is 0.203. The molecule has 6 heteroatoms. The SMILES string of the molecule is Cc1nc(CCNC(=O)c2ccc(Br)o2)sc1C. The molecular weight excluding hydrogens is 316 g/mol. The maximum Gasteiger partial charge on any atom is 0.287 e. The summed E-state index contributed by atoms with van der Waals surface area (Å²) in [6.07, 6.45) is 0.743. The molecule has 4 nitrogen and oxygen atoms in total. The number of hydrogen-bond donors (Lipinski definition) is 1. The molecule has 0 bridgehead atoms. The molecule has 0 fully saturated rings. The van der Waals surface area contributed by atoms with Crippen molar-refractivity contribution in [1.82, 2.24) is 10.3 Å². The van der Waals surface area contributed by atoms with Crippen molar-refractivity contribution < 1.29 is 9.21 Å². The number of aryl methyl sites for hydroxylation is 2. The summed E-state index contributed by atoms with van der Waals surface area (Å²) >= 11 is 4.83. The van der Waals surface area contributed by atoms with Crippen LogP contribution >= 0.6 is 27.3 Å². The molecule has 0 aliphatic carbocycles. The Bertz CT molecular complexity index is 543.